The van der Waals surface area contributed by atoms with Gasteiger partial charge in [-0.2, -0.15) is 0 Å². The number of aryl methyl sites for hydroxylation is 1. The van der Waals surface area contributed by atoms with E-state index < -0.39 is 18.0 Å². The van der Waals surface area contributed by atoms with Gasteiger partial charge in [-0.15, -0.1) is 0 Å². The van der Waals surface area contributed by atoms with E-state index in [4.69, 9.17) is 19.9 Å². The highest BCUT2D eigenvalue weighted by Gasteiger charge is 2.20. The first-order valence-corrected chi connectivity index (χ1v) is 8.42. The Morgan fingerprint density at radius 1 is 1.11 bits per heavy atom. The van der Waals surface area contributed by atoms with Gasteiger partial charge in [-0.1, -0.05) is 18.2 Å². The molecule has 3 N–H and O–H groups in total. The molecule has 2 aromatic rings. The number of nitrogens with one attached hydrogen (secondary N) is 1. The maximum atomic E-state index is 12.2. The van der Waals surface area contributed by atoms with Gasteiger partial charge >= 0.3 is 5.97 Å². The minimum atomic E-state index is -0.961. The molecule has 144 valence electrons. The van der Waals surface area contributed by atoms with Crippen LogP contribution in [0.15, 0.2) is 36.4 Å². The number of amides is 1. The summed E-state index contributed by atoms with van der Waals surface area (Å²) in [6.07, 6.45) is -0.961. The number of nitrogens with two attached hydrogens (primary N) is 1. The number of esters is 1. The zero-order valence-corrected chi connectivity index (χ0v) is 15.9. The van der Waals surface area contributed by atoms with Crippen molar-refractivity contribution in [2.75, 3.05) is 20.0 Å². The van der Waals surface area contributed by atoms with E-state index >= 15 is 0 Å². The van der Waals surface area contributed by atoms with E-state index in [1.165, 1.54) is 6.92 Å². The molecule has 0 bridgehead atoms. The van der Waals surface area contributed by atoms with Crippen molar-refractivity contribution in [2.24, 2.45) is 0 Å². The lowest BCUT2D eigenvalue weighted by atomic mass is 10.1. The summed E-state index contributed by atoms with van der Waals surface area (Å²) in [5.74, 6) is 0.124. The van der Waals surface area contributed by atoms with Crippen LogP contribution in [-0.2, 0) is 16.1 Å². The summed E-state index contributed by atoms with van der Waals surface area (Å²) in [4.78, 5) is 24.5. The van der Waals surface area contributed by atoms with Crippen molar-refractivity contribution in [3.8, 4) is 11.5 Å². The number of carbonyl (C=O) groups excluding carboxylic acids is 2. The molecule has 0 spiro atoms. The summed E-state index contributed by atoms with van der Waals surface area (Å²) < 4.78 is 15.6. The van der Waals surface area contributed by atoms with Crippen molar-refractivity contribution in [1.82, 2.24) is 5.32 Å². The van der Waals surface area contributed by atoms with Crippen LogP contribution >= 0.6 is 0 Å². The number of carbonyl (C=O) groups is 2. The summed E-state index contributed by atoms with van der Waals surface area (Å²) in [6.45, 7) is 3.56. The molecule has 0 aliphatic carbocycles. The fourth-order valence-electron chi connectivity index (χ4n) is 2.46. The molecule has 27 heavy (non-hydrogen) atoms. The number of ether oxygens (including phenoxy) is 3. The van der Waals surface area contributed by atoms with Gasteiger partial charge in [0.1, 0.15) is 0 Å². The van der Waals surface area contributed by atoms with E-state index in [1.54, 1.807) is 51.5 Å². The molecule has 0 aromatic heterocycles. The molecule has 7 heteroatoms. The van der Waals surface area contributed by atoms with E-state index in [0.717, 1.165) is 11.1 Å². The summed E-state index contributed by atoms with van der Waals surface area (Å²) in [7, 11) is 3.09. The number of hydrogen-bond donors (Lipinski definition) is 2. The minimum absolute atomic E-state index is 0.245. The summed E-state index contributed by atoms with van der Waals surface area (Å²) in [5, 5.41) is 2.73. The number of para-hydroxylation sites is 1. The van der Waals surface area contributed by atoms with Crippen molar-refractivity contribution in [3.05, 3.63) is 53.1 Å². The minimum Gasteiger partial charge on any atom is -0.493 e. The molecule has 2 aromatic carbocycles. The van der Waals surface area contributed by atoms with Crippen molar-refractivity contribution in [1.29, 1.82) is 0 Å². The van der Waals surface area contributed by atoms with Crippen LogP contribution in [0.1, 0.15) is 28.4 Å². The third-order valence-electron chi connectivity index (χ3n) is 4.11. The molecule has 0 aliphatic heterocycles. The predicted molar refractivity (Wildman–Crippen MR) is 102 cm³/mol. The van der Waals surface area contributed by atoms with E-state index in [2.05, 4.69) is 5.32 Å². The normalized spacial score (nSPS) is 11.4. The van der Waals surface area contributed by atoms with Crippen LogP contribution in [0.3, 0.4) is 0 Å². The number of methoxy groups -OCH3 is 2. The Bertz CT molecular complexity index is 835. The van der Waals surface area contributed by atoms with Crippen molar-refractivity contribution >= 4 is 17.6 Å². The standard InChI is InChI=1S/C20H24N2O5/c1-12-6-5-7-15(18(12)21)20(24)27-13(2)19(23)22-11-14-8-9-16(25-3)17(10-14)26-4/h5-10,13H,11,21H2,1-4H3,(H,22,23)/t13-/m1/s1. The van der Waals surface area contributed by atoms with Crippen molar-refractivity contribution in [3.63, 3.8) is 0 Å². The van der Waals surface area contributed by atoms with Crippen LogP contribution in [0.5, 0.6) is 11.5 Å². The van der Waals surface area contributed by atoms with Gasteiger partial charge in [0.25, 0.3) is 5.91 Å². The molecule has 1 atom stereocenters. The third-order valence-corrected chi connectivity index (χ3v) is 4.11. The average molecular weight is 372 g/mol. The van der Waals surface area contributed by atoms with E-state index in [1.807, 2.05) is 6.07 Å². The van der Waals surface area contributed by atoms with Gasteiger partial charge in [0.05, 0.1) is 19.8 Å². The number of nitrogen functional groups attached to an aromatic ring is 1. The summed E-state index contributed by atoms with van der Waals surface area (Å²) in [6, 6.07) is 10.4. The maximum absolute atomic E-state index is 12.2. The molecular formula is C20H24N2O5. The van der Waals surface area contributed by atoms with E-state index in [9.17, 15) is 9.59 Å². The van der Waals surface area contributed by atoms with Gasteiger partial charge in [0.2, 0.25) is 0 Å². The Hall–Kier alpha value is -3.22. The molecule has 2 rings (SSSR count). The monoisotopic (exact) mass is 372 g/mol. The summed E-state index contributed by atoms with van der Waals surface area (Å²) >= 11 is 0. The van der Waals surface area contributed by atoms with Gasteiger partial charge < -0.3 is 25.3 Å². The second kappa shape index (κ2) is 8.93. The predicted octanol–water partition coefficient (Wildman–Crippen LogP) is 2.46. The lowest BCUT2D eigenvalue weighted by Gasteiger charge is -2.15. The molecule has 0 saturated carbocycles. The lowest BCUT2D eigenvalue weighted by Crippen LogP contribution is -2.35. The first kappa shape index (κ1) is 20.1. The Kier molecular flexibility index (Phi) is 6.65. The van der Waals surface area contributed by atoms with Gasteiger partial charge in [0.15, 0.2) is 17.6 Å². The van der Waals surface area contributed by atoms with Crippen LogP contribution < -0.4 is 20.5 Å². The smallest absolute Gasteiger partial charge is 0.341 e. The zero-order valence-electron chi connectivity index (χ0n) is 15.9. The van der Waals surface area contributed by atoms with Gasteiger partial charge in [-0.3, -0.25) is 4.79 Å². The molecule has 0 fully saturated rings. The van der Waals surface area contributed by atoms with Gasteiger partial charge in [-0.25, -0.2) is 4.79 Å². The highest BCUT2D eigenvalue weighted by molar-refractivity contribution is 5.97. The van der Waals surface area contributed by atoms with Crippen LogP contribution in [0.2, 0.25) is 0 Å². The van der Waals surface area contributed by atoms with Crippen LogP contribution in [0, 0.1) is 6.92 Å². The first-order chi connectivity index (χ1) is 12.9. The topological polar surface area (TPSA) is 99.9 Å². The fourth-order valence-corrected chi connectivity index (χ4v) is 2.46. The molecule has 1 amide bonds. The number of rotatable bonds is 7. The third kappa shape index (κ3) is 4.91. The Morgan fingerprint density at radius 3 is 2.48 bits per heavy atom. The van der Waals surface area contributed by atoms with Crippen LogP contribution in [0.25, 0.3) is 0 Å². The Morgan fingerprint density at radius 2 is 1.81 bits per heavy atom. The number of hydrogen-bond acceptors (Lipinski definition) is 6. The first-order valence-electron chi connectivity index (χ1n) is 8.42. The largest absolute Gasteiger partial charge is 0.493 e. The Balaban J connectivity index is 1.96. The summed E-state index contributed by atoms with van der Waals surface area (Å²) in [5.41, 5.74) is 8.08. The molecule has 0 heterocycles. The fraction of sp³-hybridized carbons (Fsp3) is 0.300. The highest BCUT2D eigenvalue weighted by atomic mass is 16.5. The van der Waals surface area contributed by atoms with Crippen molar-refractivity contribution < 1.29 is 23.8 Å². The molecule has 7 nitrogen and oxygen atoms in total. The van der Waals surface area contributed by atoms with Crippen LogP contribution in [-0.4, -0.2) is 32.2 Å². The highest BCUT2D eigenvalue weighted by Crippen LogP contribution is 2.27. The van der Waals surface area contributed by atoms with E-state index in [-0.39, 0.29) is 12.1 Å². The van der Waals surface area contributed by atoms with Crippen LogP contribution in [0.4, 0.5) is 5.69 Å². The molecule has 0 saturated heterocycles. The zero-order chi connectivity index (χ0) is 20.0. The second-order valence-corrected chi connectivity index (χ2v) is 5.99. The Labute approximate surface area is 158 Å². The number of anilines is 1. The van der Waals surface area contributed by atoms with Gasteiger partial charge in [-0.05, 0) is 43.2 Å². The van der Waals surface area contributed by atoms with Gasteiger partial charge in [0, 0.05) is 12.2 Å². The maximum Gasteiger partial charge on any atom is 0.341 e. The molecule has 0 radical (unpaired) electrons. The van der Waals surface area contributed by atoms with E-state index in [0.29, 0.717) is 17.2 Å². The SMILES string of the molecule is COc1ccc(CNC(=O)[C@@H](C)OC(=O)c2cccc(C)c2N)cc1OC. The second-order valence-electron chi connectivity index (χ2n) is 5.99. The van der Waals surface area contributed by atoms with Crippen molar-refractivity contribution in [2.45, 2.75) is 26.5 Å². The molecule has 0 unspecified atom stereocenters. The quantitative estimate of drug-likeness (QED) is 0.572. The lowest BCUT2D eigenvalue weighted by molar-refractivity contribution is -0.129. The number of benzene rings is 2. The average Bonchev–Trinajstić information content (AvgIpc) is 2.67. The molecule has 0 aliphatic rings. The molecular weight excluding hydrogens is 348 g/mol.